The highest BCUT2D eigenvalue weighted by atomic mass is 35.5. The monoisotopic (exact) mass is 430 g/mol. The van der Waals surface area contributed by atoms with Crippen molar-refractivity contribution >= 4 is 56.5 Å². The Morgan fingerprint density at radius 2 is 1.56 bits per heavy atom. The minimum Gasteiger partial charge on any atom is -0.462 e. The van der Waals surface area contributed by atoms with Crippen molar-refractivity contribution in [3.05, 3.63) is 57.6 Å². The summed E-state index contributed by atoms with van der Waals surface area (Å²) in [6, 6.07) is 8.49. The van der Waals surface area contributed by atoms with Gasteiger partial charge in [-0.15, -0.1) is 0 Å². The number of benzene rings is 2. The van der Waals surface area contributed by atoms with Crippen LogP contribution in [0.25, 0.3) is 0 Å². The zero-order valence-electron chi connectivity index (χ0n) is 14.4. The molecule has 0 fully saturated rings. The quantitative estimate of drug-likeness (QED) is 0.678. The molecule has 0 radical (unpaired) electrons. The molecule has 27 heavy (non-hydrogen) atoms. The smallest absolute Gasteiger partial charge is 0.339 e. The van der Waals surface area contributed by atoms with Gasteiger partial charge in [0.05, 0.1) is 34.0 Å². The molecule has 144 valence electrons. The van der Waals surface area contributed by atoms with Crippen LogP contribution in [0.1, 0.15) is 27.6 Å². The first-order valence-corrected chi connectivity index (χ1v) is 10.3. The minimum atomic E-state index is -3.46. The standard InChI is InChI=1S/C17H16Cl2N2O5S/c1-3-26-17(23)13-7-4-10(8-15(13)19)20-16(22)12-6-5-11(9-14(12)18)21-27(2,24)25/h4-9,21H,3H2,1-2H3,(H,20,22). The fourth-order valence-corrected chi connectivity index (χ4v) is 3.22. The molecule has 0 aliphatic heterocycles. The number of nitrogens with one attached hydrogen (secondary N) is 2. The Morgan fingerprint density at radius 3 is 2.11 bits per heavy atom. The predicted octanol–water partition coefficient (Wildman–Crippen LogP) is 3.79. The van der Waals surface area contributed by atoms with Crippen molar-refractivity contribution in [2.75, 3.05) is 22.9 Å². The van der Waals surface area contributed by atoms with E-state index in [9.17, 15) is 18.0 Å². The van der Waals surface area contributed by atoms with Crippen molar-refractivity contribution in [2.24, 2.45) is 0 Å². The van der Waals surface area contributed by atoms with Crippen LogP contribution in [0.4, 0.5) is 11.4 Å². The number of hydrogen-bond acceptors (Lipinski definition) is 5. The summed E-state index contributed by atoms with van der Waals surface area (Å²) in [6.45, 7) is 1.90. The Bertz CT molecular complexity index is 993. The van der Waals surface area contributed by atoms with Crippen LogP contribution < -0.4 is 10.0 Å². The number of sulfonamides is 1. The maximum Gasteiger partial charge on any atom is 0.339 e. The van der Waals surface area contributed by atoms with Gasteiger partial charge in [-0.2, -0.15) is 0 Å². The SMILES string of the molecule is CCOC(=O)c1ccc(NC(=O)c2ccc(NS(C)(=O)=O)cc2Cl)cc1Cl. The lowest BCUT2D eigenvalue weighted by Crippen LogP contribution is -2.14. The van der Waals surface area contributed by atoms with Crippen molar-refractivity contribution < 1.29 is 22.7 Å². The van der Waals surface area contributed by atoms with Crippen LogP contribution in [0, 0.1) is 0 Å². The molecule has 0 atom stereocenters. The van der Waals surface area contributed by atoms with E-state index in [4.69, 9.17) is 27.9 Å². The molecule has 0 aliphatic carbocycles. The topological polar surface area (TPSA) is 102 Å². The van der Waals surface area contributed by atoms with Crippen LogP contribution in [-0.4, -0.2) is 33.2 Å². The average Bonchev–Trinajstić information content (AvgIpc) is 2.53. The third kappa shape index (κ3) is 5.85. The summed E-state index contributed by atoms with van der Waals surface area (Å²) in [7, 11) is -3.46. The van der Waals surface area contributed by atoms with Crippen molar-refractivity contribution in [2.45, 2.75) is 6.92 Å². The molecule has 0 heterocycles. The predicted molar refractivity (Wildman–Crippen MR) is 105 cm³/mol. The van der Waals surface area contributed by atoms with Crippen LogP contribution in [0.15, 0.2) is 36.4 Å². The molecule has 7 nitrogen and oxygen atoms in total. The summed E-state index contributed by atoms with van der Waals surface area (Å²) in [5.74, 6) is -1.08. The number of anilines is 2. The molecule has 10 heteroatoms. The van der Waals surface area contributed by atoms with Crippen LogP contribution in [0.5, 0.6) is 0 Å². The maximum atomic E-state index is 12.4. The summed E-state index contributed by atoms with van der Waals surface area (Å²) < 4.78 is 29.6. The summed E-state index contributed by atoms with van der Waals surface area (Å²) in [4.78, 5) is 24.1. The Morgan fingerprint density at radius 1 is 1.00 bits per heavy atom. The number of rotatable bonds is 6. The Hall–Kier alpha value is -2.29. The highest BCUT2D eigenvalue weighted by Gasteiger charge is 2.15. The lowest BCUT2D eigenvalue weighted by atomic mass is 10.1. The van der Waals surface area contributed by atoms with Gasteiger partial charge in [-0.3, -0.25) is 9.52 Å². The highest BCUT2D eigenvalue weighted by molar-refractivity contribution is 7.92. The van der Waals surface area contributed by atoms with Gasteiger partial charge in [0.2, 0.25) is 10.0 Å². The fourth-order valence-electron chi connectivity index (χ4n) is 2.14. The first kappa shape index (κ1) is 21.0. The van der Waals surface area contributed by atoms with E-state index >= 15 is 0 Å². The second-order valence-electron chi connectivity index (χ2n) is 5.44. The Labute approximate surface area is 166 Å². The summed E-state index contributed by atoms with van der Waals surface area (Å²) >= 11 is 12.1. The van der Waals surface area contributed by atoms with Crippen molar-refractivity contribution in [3.8, 4) is 0 Å². The number of amides is 1. The van der Waals surface area contributed by atoms with E-state index in [-0.39, 0.29) is 33.5 Å². The van der Waals surface area contributed by atoms with Gasteiger partial charge in [-0.25, -0.2) is 13.2 Å². The Balaban J connectivity index is 2.17. The van der Waals surface area contributed by atoms with E-state index in [1.54, 1.807) is 6.92 Å². The molecule has 2 aromatic carbocycles. The lowest BCUT2D eigenvalue weighted by Gasteiger charge is -2.10. The molecule has 2 aromatic rings. The van der Waals surface area contributed by atoms with E-state index in [1.165, 1.54) is 36.4 Å². The Kier molecular flexibility index (Phi) is 6.69. The van der Waals surface area contributed by atoms with E-state index in [2.05, 4.69) is 10.0 Å². The summed E-state index contributed by atoms with van der Waals surface area (Å²) in [6.07, 6.45) is 1.01. The van der Waals surface area contributed by atoms with Gasteiger partial charge >= 0.3 is 5.97 Å². The molecule has 0 bridgehead atoms. The molecule has 0 aliphatic rings. The largest absolute Gasteiger partial charge is 0.462 e. The average molecular weight is 431 g/mol. The van der Waals surface area contributed by atoms with Gasteiger partial charge in [0.25, 0.3) is 5.91 Å². The zero-order chi connectivity index (χ0) is 20.2. The fraction of sp³-hybridized carbons (Fsp3) is 0.176. The van der Waals surface area contributed by atoms with Gasteiger partial charge in [0, 0.05) is 11.4 Å². The van der Waals surface area contributed by atoms with Gasteiger partial charge in [-0.05, 0) is 43.3 Å². The summed E-state index contributed by atoms with van der Waals surface area (Å²) in [5, 5.41) is 2.80. The highest BCUT2D eigenvalue weighted by Crippen LogP contribution is 2.25. The van der Waals surface area contributed by atoms with Gasteiger partial charge in [-0.1, -0.05) is 23.2 Å². The first-order valence-electron chi connectivity index (χ1n) is 7.66. The lowest BCUT2D eigenvalue weighted by molar-refractivity contribution is 0.0526. The normalized spacial score (nSPS) is 11.0. The number of esters is 1. The number of carbonyl (C=O) groups is 2. The number of ether oxygens (including phenoxy) is 1. The van der Waals surface area contributed by atoms with Crippen molar-refractivity contribution in [1.82, 2.24) is 0 Å². The third-order valence-corrected chi connectivity index (χ3v) is 4.47. The number of hydrogen-bond donors (Lipinski definition) is 2. The molecule has 0 saturated carbocycles. The van der Waals surface area contributed by atoms with Gasteiger partial charge < -0.3 is 10.1 Å². The van der Waals surface area contributed by atoms with Gasteiger partial charge in [0.1, 0.15) is 0 Å². The van der Waals surface area contributed by atoms with Crippen LogP contribution in [0.2, 0.25) is 10.0 Å². The number of halogens is 2. The maximum absolute atomic E-state index is 12.4. The molecule has 0 saturated heterocycles. The van der Waals surface area contributed by atoms with Crippen molar-refractivity contribution in [1.29, 1.82) is 0 Å². The van der Waals surface area contributed by atoms with E-state index in [1.807, 2.05) is 0 Å². The van der Waals surface area contributed by atoms with E-state index in [0.717, 1.165) is 6.26 Å². The van der Waals surface area contributed by atoms with E-state index < -0.39 is 21.9 Å². The third-order valence-electron chi connectivity index (χ3n) is 3.24. The molecular weight excluding hydrogens is 415 g/mol. The second-order valence-corrected chi connectivity index (χ2v) is 8.00. The molecule has 2 rings (SSSR count). The molecule has 0 aromatic heterocycles. The second kappa shape index (κ2) is 8.60. The van der Waals surface area contributed by atoms with Crippen molar-refractivity contribution in [3.63, 3.8) is 0 Å². The summed E-state index contributed by atoms with van der Waals surface area (Å²) in [5.41, 5.74) is 0.917. The van der Waals surface area contributed by atoms with Crippen LogP contribution >= 0.6 is 23.2 Å². The van der Waals surface area contributed by atoms with Crippen LogP contribution in [-0.2, 0) is 14.8 Å². The molecule has 1 amide bonds. The van der Waals surface area contributed by atoms with E-state index in [0.29, 0.717) is 5.69 Å². The van der Waals surface area contributed by atoms with Gasteiger partial charge in [0.15, 0.2) is 0 Å². The minimum absolute atomic E-state index is 0.0652. The first-order chi connectivity index (χ1) is 12.6. The number of carbonyl (C=O) groups excluding carboxylic acids is 2. The molecular formula is C17H16Cl2N2O5S. The molecule has 0 spiro atoms. The van der Waals surface area contributed by atoms with Crippen LogP contribution in [0.3, 0.4) is 0 Å². The molecule has 0 unspecified atom stereocenters. The molecule has 2 N–H and O–H groups in total. The zero-order valence-corrected chi connectivity index (χ0v) is 16.7.